The van der Waals surface area contributed by atoms with Crippen LogP contribution in [0.5, 0.6) is 0 Å². The van der Waals surface area contributed by atoms with Gasteiger partial charge < -0.3 is 4.90 Å². The lowest BCUT2D eigenvalue weighted by Gasteiger charge is -2.17. The lowest BCUT2D eigenvalue weighted by Crippen LogP contribution is -2.28. The lowest BCUT2D eigenvalue weighted by atomic mass is 10.1. The first-order valence-corrected chi connectivity index (χ1v) is 9.19. The van der Waals surface area contributed by atoms with Crippen LogP contribution in [-0.2, 0) is 16.3 Å². The maximum absolute atomic E-state index is 12.7. The summed E-state index contributed by atoms with van der Waals surface area (Å²) < 4.78 is 24.3. The summed E-state index contributed by atoms with van der Waals surface area (Å²) in [4.78, 5) is 14.7. The first-order valence-electron chi connectivity index (χ1n) is 7.65. The number of anilines is 1. The zero-order valence-corrected chi connectivity index (χ0v) is 14.0. The third kappa shape index (κ3) is 2.77. The summed E-state index contributed by atoms with van der Waals surface area (Å²) in [7, 11) is -3.31. The molecule has 0 saturated carbocycles. The minimum atomic E-state index is -3.31. The highest BCUT2D eigenvalue weighted by molar-refractivity contribution is 7.92. The third-order valence-electron chi connectivity index (χ3n) is 4.18. The van der Waals surface area contributed by atoms with Crippen LogP contribution in [0, 0.1) is 0 Å². The molecular weight excluding hydrogens is 310 g/mol. The van der Waals surface area contributed by atoms with Crippen LogP contribution in [0.25, 0.3) is 0 Å². The molecular formula is C18H19NO3S. The number of amides is 1. The Balaban J connectivity index is 1.88. The van der Waals surface area contributed by atoms with E-state index in [1.807, 2.05) is 24.3 Å². The molecule has 0 spiro atoms. The van der Waals surface area contributed by atoms with Gasteiger partial charge in [-0.3, -0.25) is 4.79 Å². The molecule has 5 heteroatoms. The fourth-order valence-electron chi connectivity index (χ4n) is 2.76. The van der Waals surface area contributed by atoms with Crippen molar-refractivity contribution in [1.82, 2.24) is 0 Å². The van der Waals surface area contributed by atoms with E-state index in [1.165, 1.54) is 17.7 Å². The standard InChI is InChI=1S/C18H19NO3S/c1-13(2)23(21,22)16-9-7-15(8-10-16)18(20)19-12-11-14-5-3-4-6-17(14)19/h3-10,13H,11-12H2,1-2H3. The molecule has 0 fully saturated rings. The minimum Gasteiger partial charge on any atom is -0.308 e. The summed E-state index contributed by atoms with van der Waals surface area (Å²) >= 11 is 0. The van der Waals surface area contributed by atoms with E-state index in [-0.39, 0.29) is 10.8 Å². The Kier molecular flexibility index (Phi) is 3.98. The molecule has 0 atom stereocenters. The fraction of sp³-hybridized carbons (Fsp3) is 0.278. The second-order valence-electron chi connectivity index (χ2n) is 5.95. The summed E-state index contributed by atoms with van der Waals surface area (Å²) in [6.07, 6.45) is 0.849. The average molecular weight is 329 g/mol. The van der Waals surface area contributed by atoms with Crippen molar-refractivity contribution in [2.45, 2.75) is 30.4 Å². The molecule has 1 heterocycles. The number of rotatable bonds is 3. The van der Waals surface area contributed by atoms with Gasteiger partial charge in [0.15, 0.2) is 9.84 Å². The predicted octanol–water partition coefficient (Wildman–Crippen LogP) is 3.07. The van der Waals surface area contributed by atoms with Crippen molar-refractivity contribution in [1.29, 1.82) is 0 Å². The Hall–Kier alpha value is -2.14. The molecule has 0 unspecified atom stereocenters. The molecule has 23 heavy (non-hydrogen) atoms. The molecule has 1 aliphatic heterocycles. The summed E-state index contributed by atoms with van der Waals surface area (Å²) in [5, 5.41) is -0.477. The van der Waals surface area contributed by atoms with Crippen molar-refractivity contribution in [3.05, 3.63) is 59.7 Å². The smallest absolute Gasteiger partial charge is 0.258 e. The van der Waals surface area contributed by atoms with Gasteiger partial charge in [-0.15, -0.1) is 0 Å². The van der Waals surface area contributed by atoms with Crippen LogP contribution in [0.2, 0.25) is 0 Å². The van der Waals surface area contributed by atoms with Crippen molar-refractivity contribution in [2.24, 2.45) is 0 Å². The van der Waals surface area contributed by atoms with E-state index in [1.54, 1.807) is 30.9 Å². The van der Waals surface area contributed by atoms with Gasteiger partial charge in [-0.2, -0.15) is 0 Å². The van der Waals surface area contributed by atoms with Crippen LogP contribution in [0.4, 0.5) is 5.69 Å². The monoisotopic (exact) mass is 329 g/mol. The highest BCUT2D eigenvalue weighted by Crippen LogP contribution is 2.29. The zero-order chi connectivity index (χ0) is 16.6. The Morgan fingerprint density at radius 1 is 1.04 bits per heavy atom. The fourth-order valence-corrected chi connectivity index (χ4v) is 3.82. The SMILES string of the molecule is CC(C)S(=O)(=O)c1ccc(C(=O)N2CCc3ccccc32)cc1. The molecule has 0 radical (unpaired) electrons. The number of hydrogen-bond acceptors (Lipinski definition) is 3. The maximum Gasteiger partial charge on any atom is 0.258 e. The van der Waals surface area contributed by atoms with Gasteiger partial charge in [-0.05, 0) is 56.2 Å². The third-order valence-corrected chi connectivity index (χ3v) is 6.35. The van der Waals surface area contributed by atoms with Gasteiger partial charge >= 0.3 is 0 Å². The van der Waals surface area contributed by atoms with E-state index in [2.05, 4.69) is 0 Å². The number of carbonyl (C=O) groups excluding carboxylic acids is 1. The van der Waals surface area contributed by atoms with Crippen LogP contribution in [0.3, 0.4) is 0 Å². The highest BCUT2D eigenvalue weighted by Gasteiger charge is 2.26. The average Bonchev–Trinajstić information content (AvgIpc) is 2.98. The van der Waals surface area contributed by atoms with Crippen LogP contribution in [0.1, 0.15) is 29.8 Å². The molecule has 4 nitrogen and oxygen atoms in total. The van der Waals surface area contributed by atoms with E-state index in [0.29, 0.717) is 12.1 Å². The molecule has 0 saturated heterocycles. The van der Waals surface area contributed by atoms with Gasteiger partial charge in [0.2, 0.25) is 0 Å². The second-order valence-corrected chi connectivity index (χ2v) is 8.46. The number of para-hydroxylation sites is 1. The molecule has 1 amide bonds. The Bertz CT molecular complexity index is 839. The highest BCUT2D eigenvalue weighted by atomic mass is 32.2. The van der Waals surface area contributed by atoms with Crippen molar-refractivity contribution in [2.75, 3.05) is 11.4 Å². The van der Waals surface area contributed by atoms with E-state index >= 15 is 0 Å². The number of benzene rings is 2. The van der Waals surface area contributed by atoms with Crippen LogP contribution >= 0.6 is 0 Å². The predicted molar refractivity (Wildman–Crippen MR) is 90.6 cm³/mol. The number of sulfone groups is 1. The number of carbonyl (C=O) groups is 1. The Morgan fingerprint density at radius 2 is 1.70 bits per heavy atom. The number of fused-ring (bicyclic) bond motifs is 1. The van der Waals surface area contributed by atoms with E-state index in [0.717, 1.165) is 12.1 Å². The molecule has 0 aliphatic carbocycles. The first-order chi connectivity index (χ1) is 10.9. The van der Waals surface area contributed by atoms with Crippen molar-refractivity contribution in [3.8, 4) is 0 Å². The molecule has 3 rings (SSSR count). The molecule has 1 aliphatic rings. The summed E-state index contributed by atoms with van der Waals surface area (Å²) in [5.74, 6) is -0.0940. The largest absolute Gasteiger partial charge is 0.308 e. The number of hydrogen-bond donors (Lipinski definition) is 0. The van der Waals surface area contributed by atoms with Crippen molar-refractivity contribution in [3.63, 3.8) is 0 Å². The topological polar surface area (TPSA) is 54.5 Å². The van der Waals surface area contributed by atoms with Gasteiger partial charge in [0.05, 0.1) is 10.1 Å². The molecule has 2 aromatic rings. The Morgan fingerprint density at radius 3 is 2.35 bits per heavy atom. The molecule has 2 aromatic carbocycles. The number of nitrogens with zero attached hydrogens (tertiary/aromatic N) is 1. The van der Waals surface area contributed by atoms with E-state index in [4.69, 9.17) is 0 Å². The lowest BCUT2D eigenvalue weighted by molar-refractivity contribution is 0.0989. The van der Waals surface area contributed by atoms with Gasteiger partial charge in [-0.25, -0.2) is 8.42 Å². The summed E-state index contributed by atoms with van der Waals surface area (Å²) in [6, 6.07) is 14.1. The summed E-state index contributed by atoms with van der Waals surface area (Å²) in [5.41, 5.74) is 2.61. The van der Waals surface area contributed by atoms with Crippen LogP contribution in [0.15, 0.2) is 53.4 Å². The first kappa shape index (κ1) is 15.7. The Labute approximate surface area is 136 Å². The van der Waals surface area contributed by atoms with Gasteiger partial charge in [0.25, 0.3) is 5.91 Å². The maximum atomic E-state index is 12.7. The normalized spacial score (nSPS) is 14.1. The molecule has 0 bridgehead atoms. The van der Waals surface area contributed by atoms with Crippen LogP contribution in [-0.4, -0.2) is 26.1 Å². The summed E-state index contributed by atoms with van der Waals surface area (Å²) in [6.45, 7) is 3.95. The van der Waals surface area contributed by atoms with E-state index < -0.39 is 15.1 Å². The van der Waals surface area contributed by atoms with Gasteiger partial charge in [-0.1, -0.05) is 18.2 Å². The molecule has 120 valence electrons. The van der Waals surface area contributed by atoms with Crippen molar-refractivity contribution < 1.29 is 13.2 Å². The minimum absolute atomic E-state index is 0.0940. The van der Waals surface area contributed by atoms with E-state index in [9.17, 15) is 13.2 Å². The molecule has 0 N–H and O–H groups in total. The second kappa shape index (κ2) is 5.81. The van der Waals surface area contributed by atoms with Crippen LogP contribution < -0.4 is 4.90 Å². The van der Waals surface area contributed by atoms with Crippen molar-refractivity contribution >= 4 is 21.4 Å². The molecule has 0 aromatic heterocycles. The zero-order valence-electron chi connectivity index (χ0n) is 13.2. The van der Waals surface area contributed by atoms with Gasteiger partial charge in [0, 0.05) is 17.8 Å². The quantitative estimate of drug-likeness (QED) is 0.869. The van der Waals surface area contributed by atoms with Gasteiger partial charge in [0.1, 0.15) is 0 Å².